The monoisotopic (exact) mass is 562 g/mol. The van der Waals surface area contributed by atoms with Crippen molar-refractivity contribution in [1.29, 1.82) is 0 Å². The van der Waals surface area contributed by atoms with Crippen LogP contribution in [0.2, 0.25) is 0 Å². The summed E-state index contributed by atoms with van der Waals surface area (Å²) >= 11 is 0.134. The Morgan fingerprint density at radius 1 is 1.27 bits per heavy atom. The molecule has 2 saturated heterocycles. The van der Waals surface area contributed by atoms with E-state index in [1.807, 2.05) is 17.8 Å². The van der Waals surface area contributed by atoms with Crippen LogP contribution in [-0.4, -0.2) is 51.7 Å². The van der Waals surface area contributed by atoms with E-state index in [-0.39, 0.29) is 55.3 Å². The van der Waals surface area contributed by atoms with Gasteiger partial charge in [-0.25, -0.2) is 0 Å². The Morgan fingerprint density at radius 2 is 2.06 bits per heavy atom. The van der Waals surface area contributed by atoms with Crippen LogP contribution in [0, 0.1) is 27.9 Å². The number of halogens is 1. The van der Waals surface area contributed by atoms with Crippen molar-refractivity contribution in [2.24, 2.45) is 17.8 Å². The number of nitrogen functional groups attached to an aromatic ring is 1. The van der Waals surface area contributed by atoms with Crippen LogP contribution in [0.4, 0.5) is 17.5 Å². The van der Waals surface area contributed by atoms with Crippen LogP contribution in [0.25, 0.3) is 0 Å². The van der Waals surface area contributed by atoms with Crippen LogP contribution in [0.1, 0.15) is 49.6 Å². The van der Waals surface area contributed by atoms with Gasteiger partial charge in [-0.05, 0) is 12.8 Å². The number of aromatic nitrogens is 4. The van der Waals surface area contributed by atoms with Gasteiger partial charge >= 0.3 is 188 Å². The van der Waals surface area contributed by atoms with Gasteiger partial charge in [-0.15, -0.1) is 0 Å². The van der Waals surface area contributed by atoms with E-state index < -0.39 is 0 Å². The number of hydrogen-bond donors (Lipinski definition) is 1. The summed E-state index contributed by atoms with van der Waals surface area (Å²) in [5.74, 6) is 2.72. The van der Waals surface area contributed by atoms with E-state index in [9.17, 15) is 10.1 Å². The topological polar surface area (TPSA) is 125 Å². The van der Waals surface area contributed by atoms with E-state index in [0.717, 1.165) is 17.4 Å². The van der Waals surface area contributed by atoms with Crippen molar-refractivity contribution in [3.63, 3.8) is 0 Å². The molecule has 2 aromatic rings. The molecule has 4 heterocycles. The molecule has 0 aromatic carbocycles. The van der Waals surface area contributed by atoms with Crippen LogP contribution in [0.15, 0.2) is 12.4 Å². The molecule has 0 spiro atoms. The number of nitro groups is 1. The molecule has 2 aliphatic heterocycles. The Balaban J connectivity index is 1.16. The van der Waals surface area contributed by atoms with Gasteiger partial charge in [0.1, 0.15) is 0 Å². The summed E-state index contributed by atoms with van der Waals surface area (Å²) < 4.78 is 9.59. The summed E-state index contributed by atoms with van der Waals surface area (Å²) in [7, 11) is 0. The predicted molar refractivity (Wildman–Crippen MR) is 113 cm³/mol. The number of nitrogens with zero attached hydrogens (tertiary/aromatic N) is 6. The molecule has 6 fully saturated rings. The molecule has 6 aliphatic rings. The summed E-state index contributed by atoms with van der Waals surface area (Å²) in [6, 6.07) is 0.522. The van der Waals surface area contributed by atoms with Crippen LogP contribution in [0.3, 0.4) is 0 Å². The third-order valence-electron chi connectivity index (χ3n) is 8.90. The van der Waals surface area contributed by atoms with Crippen molar-refractivity contribution in [2.75, 3.05) is 23.7 Å². The second-order valence-electron chi connectivity index (χ2n) is 10.6. The number of alkyl halides is 2. The third kappa shape index (κ3) is 2.26. The van der Waals surface area contributed by atoms with Gasteiger partial charge in [-0.2, -0.15) is 0 Å². The zero-order valence-corrected chi connectivity index (χ0v) is 20.3. The molecule has 6 atom stereocenters. The minimum atomic E-state index is -0.350. The van der Waals surface area contributed by atoms with Crippen LogP contribution < -0.4 is 31.8 Å². The fourth-order valence-corrected chi connectivity index (χ4v) is 13.5. The van der Waals surface area contributed by atoms with E-state index in [1.165, 1.54) is 19.3 Å². The Morgan fingerprint density at radius 3 is 2.73 bits per heavy atom. The summed E-state index contributed by atoms with van der Waals surface area (Å²) in [6.07, 6.45) is 7.51. The van der Waals surface area contributed by atoms with Gasteiger partial charge in [0.05, 0.1) is 0 Å². The average molecular weight is 562 g/mol. The molecular weight excluding hydrogens is 537 g/mol. The Kier molecular flexibility index (Phi) is 3.60. The second kappa shape index (κ2) is 6.15. The molecular formula is C22H25IN7O3-. The van der Waals surface area contributed by atoms with Crippen molar-refractivity contribution in [2.45, 2.75) is 57.7 Å². The maximum absolute atomic E-state index is 12.0. The zero-order valence-electron chi connectivity index (χ0n) is 18.2. The number of fused-ring (bicyclic) bond motifs is 2. The quantitative estimate of drug-likeness (QED) is 0.209. The first-order valence-electron chi connectivity index (χ1n) is 11.9. The molecule has 11 heteroatoms. The van der Waals surface area contributed by atoms with Gasteiger partial charge in [0.25, 0.3) is 0 Å². The molecule has 0 radical (unpaired) electrons. The van der Waals surface area contributed by atoms with E-state index in [2.05, 4.69) is 21.2 Å². The minimum absolute atomic E-state index is 0.00967. The second-order valence-corrected chi connectivity index (χ2v) is 14.0. The van der Waals surface area contributed by atoms with E-state index in [1.54, 1.807) is 0 Å². The number of hydrogen-bond acceptors (Lipinski definition) is 8. The van der Waals surface area contributed by atoms with Gasteiger partial charge < -0.3 is 0 Å². The normalized spacial score (nSPS) is 42.1. The van der Waals surface area contributed by atoms with Crippen molar-refractivity contribution in [1.82, 2.24) is 19.7 Å². The molecule has 2 N–H and O–H groups in total. The predicted octanol–water partition coefficient (Wildman–Crippen LogP) is -1.18. The SMILES string of the molecule is C[C@@H]1CN(c2nc(N)c([N+](=O)[O-])c(C34C5[I-]C3C3CC5C34)n2)C[C@H](c2cnn(C3CC3)c2)O1. The molecule has 4 unspecified atom stereocenters. The van der Waals surface area contributed by atoms with Crippen molar-refractivity contribution < 1.29 is 30.9 Å². The maximum atomic E-state index is 12.0. The number of morpholine rings is 1. The first kappa shape index (κ1) is 19.3. The Labute approximate surface area is 200 Å². The van der Waals surface area contributed by atoms with E-state index in [4.69, 9.17) is 15.5 Å². The third-order valence-corrected chi connectivity index (χ3v) is 14.4. The Bertz CT molecular complexity index is 1190. The van der Waals surface area contributed by atoms with E-state index >= 15 is 0 Å². The summed E-state index contributed by atoms with van der Waals surface area (Å²) in [5, 5.41) is 16.5. The number of anilines is 2. The zero-order chi connectivity index (χ0) is 22.2. The summed E-state index contributed by atoms with van der Waals surface area (Å²) in [6.45, 7) is 3.25. The average Bonchev–Trinajstić information content (AvgIpc) is 3.52. The van der Waals surface area contributed by atoms with Crippen LogP contribution >= 0.6 is 0 Å². The van der Waals surface area contributed by atoms with Crippen LogP contribution in [0.5, 0.6) is 0 Å². The number of rotatable bonds is 5. The summed E-state index contributed by atoms with van der Waals surface area (Å²) in [4.78, 5) is 23.2. The molecule has 8 rings (SSSR count). The van der Waals surface area contributed by atoms with Crippen LogP contribution in [-0.2, 0) is 10.2 Å². The first-order chi connectivity index (χ1) is 16.0. The fourth-order valence-electron chi connectivity index (χ4n) is 7.37. The molecule has 4 saturated carbocycles. The number of ether oxygens (including phenoxy) is 1. The first-order valence-corrected chi connectivity index (χ1v) is 14.3. The van der Waals surface area contributed by atoms with Crippen molar-refractivity contribution in [3.05, 3.63) is 33.8 Å². The molecule has 174 valence electrons. The molecule has 33 heavy (non-hydrogen) atoms. The van der Waals surface area contributed by atoms with Gasteiger partial charge in [0.15, 0.2) is 0 Å². The van der Waals surface area contributed by atoms with Gasteiger partial charge in [-0.3, -0.25) is 0 Å². The van der Waals surface area contributed by atoms with Gasteiger partial charge in [-0.1, -0.05) is 0 Å². The molecule has 4 aliphatic carbocycles. The summed E-state index contributed by atoms with van der Waals surface area (Å²) in [5.41, 5.74) is 7.85. The molecule has 0 amide bonds. The molecule has 10 nitrogen and oxygen atoms in total. The Hall–Kier alpha value is -2.02. The molecule has 2 aromatic heterocycles. The van der Waals surface area contributed by atoms with Crippen molar-refractivity contribution >= 4 is 17.5 Å². The number of nitrogens with two attached hydrogens (primary N) is 1. The van der Waals surface area contributed by atoms with Crippen molar-refractivity contribution in [3.8, 4) is 0 Å². The van der Waals surface area contributed by atoms with Gasteiger partial charge in [0.2, 0.25) is 0 Å². The standard InChI is InChI=1S/C22H25IN7O3/c1-9-6-28(8-14(33-9)10-5-25-29(7-10)11-2-3-11)21-26-19(16(30(31)32)20(24)27-21)22-15-12-4-13(15)18(22)23-17(12)22/h5,7,9,11-15,17-18H,2-4,6,8H2,1H3,(H2,24,26,27)/q-1/t9-,12?,13?,14-,15?,17?,18?,22?/m1/s1. The molecule has 0 bridgehead atoms. The van der Waals surface area contributed by atoms with E-state index in [0.29, 0.717) is 44.5 Å². The fraction of sp³-hybridized carbons (Fsp3) is 0.682. The van der Waals surface area contributed by atoms with Gasteiger partial charge in [0, 0.05) is 0 Å².